The van der Waals surface area contributed by atoms with Crippen molar-refractivity contribution >= 4 is 45.1 Å². The number of aryl methyl sites for hydroxylation is 1. The Morgan fingerprint density at radius 1 is 1.29 bits per heavy atom. The summed E-state index contributed by atoms with van der Waals surface area (Å²) in [5.74, 6) is 0.340. The summed E-state index contributed by atoms with van der Waals surface area (Å²) in [5, 5.41) is 8.45. The van der Waals surface area contributed by atoms with E-state index in [4.69, 9.17) is 16.3 Å². The molecule has 9 nitrogen and oxygen atoms in total. The molecule has 0 aliphatic carbocycles. The summed E-state index contributed by atoms with van der Waals surface area (Å²) in [7, 11) is 3.90. The van der Waals surface area contributed by atoms with Crippen molar-refractivity contribution in [3.8, 4) is 16.9 Å². The highest BCUT2D eigenvalue weighted by atomic mass is 35.5. The van der Waals surface area contributed by atoms with Gasteiger partial charge in [0.2, 0.25) is 5.91 Å². The number of aromatic nitrogens is 4. The number of hydrogen-bond donors (Lipinski definition) is 1. The highest BCUT2D eigenvalue weighted by Gasteiger charge is 2.37. The van der Waals surface area contributed by atoms with Gasteiger partial charge in [-0.25, -0.2) is 14.4 Å². The maximum Gasteiger partial charge on any atom is 0.246 e. The van der Waals surface area contributed by atoms with Gasteiger partial charge in [-0.15, -0.1) is 0 Å². The summed E-state index contributed by atoms with van der Waals surface area (Å²) < 4.78 is 22.6. The normalized spacial score (nSPS) is 17.4. The molecule has 1 atom stereocenters. The number of rotatable bonds is 4. The summed E-state index contributed by atoms with van der Waals surface area (Å²) in [4.78, 5) is 27.6. The van der Waals surface area contributed by atoms with Crippen molar-refractivity contribution in [1.29, 1.82) is 0 Å². The molecule has 0 spiro atoms. The number of nitrogens with zero attached hydrogens (tertiary/aromatic N) is 6. The molecule has 1 N–H and O–H groups in total. The number of fused-ring (bicyclic) bond motifs is 3. The number of piperazine rings is 1. The number of carbonyl (C=O) groups excluding carboxylic acids is 1. The van der Waals surface area contributed by atoms with Crippen molar-refractivity contribution in [2.24, 2.45) is 0 Å². The van der Waals surface area contributed by atoms with E-state index in [0.29, 0.717) is 48.7 Å². The molecule has 196 valence electrons. The van der Waals surface area contributed by atoms with Crippen LogP contribution in [0.4, 0.5) is 10.2 Å². The van der Waals surface area contributed by atoms with E-state index < -0.39 is 5.82 Å². The Kier molecular flexibility index (Phi) is 6.16. The van der Waals surface area contributed by atoms with Gasteiger partial charge >= 0.3 is 0 Å². The minimum Gasteiger partial charge on any atom is -0.489 e. The van der Waals surface area contributed by atoms with Crippen molar-refractivity contribution in [2.75, 3.05) is 51.8 Å². The van der Waals surface area contributed by atoms with E-state index >= 15 is 4.39 Å². The maximum absolute atomic E-state index is 16.3. The Balaban J connectivity index is 1.43. The van der Waals surface area contributed by atoms with Crippen molar-refractivity contribution < 1.29 is 13.9 Å². The summed E-state index contributed by atoms with van der Waals surface area (Å²) in [5.41, 5.74) is 2.64. The number of hydrogen-bond acceptors (Lipinski definition) is 7. The molecule has 6 rings (SSSR count). The fourth-order valence-electron chi connectivity index (χ4n) is 5.35. The molecular formula is C27H27ClFN7O2. The number of benzene rings is 2. The fraction of sp³-hybridized carbons (Fsp3) is 0.333. The fourth-order valence-corrected chi connectivity index (χ4v) is 5.67. The second kappa shape index (κ2) is 9.52. The Labute approximate surface area is 223 Å². The van der Waals surface area contributed by atoms with Gasteiger partial charge < -0.3 is 19.4 Å². The number of anilines is 1. The van der Waals surface area contributed by atoms with E-state index in [9.17, 15) is 4.79 Å². The summed E-state index contributed by atoms with van der Waals surface area (Å²) in [6.45, 7) is 4.34. The first-order valence-electron chi connectivity index (χ1n) is 12.4. The molecule has 0 saturated carbocycles. The largest absolute Gasteiger partial charge is 0.489 e. The van der Waals surface area contributed by atoms with Crippen molar-refractivity contribution in [3.05, 3.63) is 53.2 Å². The number of halogens is 2. The van der Waals surface area contributed by atoms with Crippen LogP contribution in [0.2, 0.25) is 5.02 Å². The first kappa shape index (κ1) is 24.6. The predicted octanol–water partition coefficient (Wildman–Crippen LogP) is 3.80. The lowest BCUT2D eigenvalue weighted by Crippen LogP contribution is -2.56. The third-order valence-electron chi connectivity index (χ3n) is 7.20. The SMILES string of the molecule is Cc1ccc2[nH]ncc2c1-c1c(Cl)c2c3c(ncnc3c1F)N1CCN(C(=O)/C=C/CN(C)C)C[C@H]1CO2. The molecule has 2 aromatic heterocycles. The summed E-state index contributed by atoms with van der Waals surface area (Å²) in [6, 6.07) is 3.63. The molecule has 0 bridgehead atoms. The van der Waals surface area contributed by atoms with Gasteiger partial charge in [-0.1, -0.05) is 23.7 Å². The van der Waals surface area contributed by atoms with E-state index in [1.807, 2.05) is 49.0 Å². The van der Waals surface area contributed by atoms with Gasteiger partial charge in [0.05, 0.1) is 28.2 Å². The third-order valence-corrected chi connectivity index (χ3v) is 7.56. The molecule has 0 unspecified atom stereocenters. The second-order valence-electron chi connectivity index (χ2n) is 9.95. The Hall–Kier alpha value is -3.76. The van der Waals surface area contributed by atoms with Gasteiger partial charge in [-0.05, 0) is 32.6 Å². The lowest BCUT2D eigenvalue weighted by molar-refractivity contribution is -0.126. The van der Waals surface area contributed by atoms with Crippen LogP contribution in [-0.2, 0) is 4.79 Å². The van der Waals surface area contributed by atoms with Gasteiger partial charge in [0.25, 0.3) is 0 Å². The molecule has 1 amide bonds. The highest BCUT2D eigenvalue weighted by molar-refractivity contribution is 6.37. The van der Waals surface area contributed by atoms with Gasteiger partial charge in [0.15, 0.2) is 11.6 Å². The van der Waals surface area contributed by atoms with Crippen LogP contribution < -0.4 is 9.64 Å². The van der Waals surface area contributed by atoms with Crippen LogP contribution in [0, 0.1) is 12.7 Å². The van der Waals surface area contributed by atoms with Gasteiger partial charge in [-0.3, -0.25) is 9.89 Å². The highest BCUT2D eigenvalue weighted by Crippen LogP contribution is 2.49. The molecule has 1 saturated heterocycles. The molecule has 2 aliphatic rings. The van der Waals surface area contributed by atoms with Crippen LogP contribution in [-0.4, -0.2) is 88.8 Å². The predicted molar refractivity (Wildman–Crippen MR) is 145 cm³/mol. The first-order valence-corrected chi connectivity index (χ1v) is 12.8. The average Bonchev–Trinajstić information content (AvgIpc) is 3.31. The van der Waals surface area contributed by atoms with Crippen molar-refractivity contribution in [1.82, 2.24) is 30.0 Å². The van der Waals surface area contributed by atoms with E-state index in [0.717, 1.165) is 16.5 Å². The van der Waals surface area contributed by atoms with Crippen molar-refractivity contribution in [2.45, 2.75) is 13.0 Å². The molecule has 38 heavy (non-hydrogen) atoms. The van der Waals surface area contributed by atoms with Crippen LogP contribution in [0.3, 0.4) is 0 Å². The molecule has 4 heterocycles. The number of aromatic amines is 1. The molecule has 2 aliphatic heterocycles. The number of H-pyrrole nitrogens is 1. The zero-order chi connectivity index (χ0) is 26.6. The Morgan fingerprint density at radius 3 is 2.95 bits per heavy atom. The minimum absolute atomic E-state index is 0.0452. The monoisotopic (exact) mass is 535 g/mol. The summed E-state index contributed by atoms with van der Waals surface area (Å²) in [6.07, 6.45) is 6.51. The zero-order valence-electron chi connectivity index (χ0n) is 21.3. The summed E-state index contributed by atoms with van der Waals surface area (Å²) >= 11 is 6.96. The third kappa shape index (κ3) is 3.95. The maximum atomic E-state index is 16.3. The van der Waals surface area contributed by atoms with E-state index in [1.165, 1.54) is 6.33 Å². The number of ether oxygens (including phenoxy) is 1. The molecule has 11 heteroatoms. The van der Waals surface area contributed by atoms with E-state index in [2.05, 4.69) is 25.1 Å². The van der Waals surface area contributed by atoms with Gasteiger partial charge in [-0.2, -0.15) is 5.10 Å². The number of likely N-dealkylation sites (N-methyl/N-ethyl adjacent to an activating group) is 1. The van der Waals surface area contributed by atoms with Crippen LogP contribution in [0.5, 0.6) is 5.75 Å². The number of nitrogens with one attached hydrogen (secondary N) is 1. The number of carbonyl (C=O) groups is 1. The second-order valence-corrected chi connectivity index (χ2v) is 10.3. The zero-order valence-corrected chi connectivity index (χ0v) is 22.1. The van der Waals surface area contributed by atoms with Crippen LogP contribution >= 0.6 is 11.6 Å². The Bertz CT molecular complexity index is 1600. The van der Waals surface area contributed by atoms with Gasteiger partial charge in [0.1, 0.15) is 24.3 Å². The van der Waals surface area contributed by atoms with Crippen molar-refractivity contribution in [3.63, 3.8) is 0 Å². The quantitative estimate of drug-likeness (QED) is 0.397. The first-order chi connectivity index (χ1) is 18.3. The van der Waals surface area contributed by atoms with Crippen LogP contribution in [0.25, 0.3) is 32.9 Å². The molecule has 0 radical (unpaired) electrons. The average molecular weight is 536 g/mol. The standard InChI is InChI=1S/C27H27ClFN7O2/c1-15-6-7-18-17(11-32-33-18)20(15)21-23(28)26-22-25(24(21)29)30-14-31-27(22)36-10-9-35(12-16(36)13-38-26)19(37)5-4-8-34(2)3/h4-7,11,14,16H,8-10,12-13H2,1-3H3,(H,32,33)/b5-4+/t16-/m0/s1. The van der Waals surface area contributed by atoms with Gasteiger partial charge in [0, 0.05) is 48.8 Å². The lowest BCUT2D eigenvalue weighted by Gasteiger charge is -2.40. The lowest BCUT2D eigenvalue weighted by atomic mass is 9.94. The minimum atomic E-state index is -0.531. The Morgan fingerprint density at radius 2 is 2.13 bits per heavy atom. The molecule has 2 aromatic carbocycles. The van der Waals surface area contributed by atoms with E-state index in [1.54, 1.807) is 12.3 Å². The van der Waals surface area contributed by atoms with Crippen LogP contribution in [0.1, 0.15) is 5.56 Å². The number of amides is 1. The molecular weight excluding hydrogens is 509 g/mol. The molecule has 4 aromatic rings. The topological polar surface area (TPSA) is 90.5 Å². The molecule has 1 fully saturated rings. The van der Waals surface area contributed by atoms with Crippen LogP contribution in [0.15, 0.2) is 36.8 Å². The smallest absolute Gasteiger partial charge is 0.246 e. The van der Waals surface area contributed by atoms with E-state index in [-0.39, 0.29) is 34.7 Å².